The zero-order chi connectivity index (χ0) is 12.3. The lowest BCUT2D eigenvalue weighted by Gasteiger charge is -2.32. The van der Waals surface area contributed by atoms with Crippen LogP contribution >= 0.6 is 27.5 Å². The number of rotatable bonds is 3. The summed E-state index contributed by atoms with van der Waals surface area (Å²) in [5.41, 5.74) is 1.21. The maximum absolute atomic E-state index is 6.02. The van der Waals surface area contributed by atoms with Crippen LogP contribution in [0.15, 0.2) is 22.7 Å². The molecule has 0 aliphatic carbocycles. The number of ether oxygens (including phenoxy) is 1. The minimum Gasteiger partial charge on any atom is -0.373 e. The van der Waals surface area contributed by atoms with Crippen molar-refractivity contribution in [3.8, 4) is 0 Å². The van der Waals surface area contributed by atoms with E-state index in [0.29, 0.717) is 5.92 Å². The number of nitrogens with one attached hydrogen (secondary N) is 1. The fourth-order valence-electron chi connectivity index (χ4n) is 2.37. The van der Waals surface area contributed by atoms with E-state index < -0.39 is 0 Å². The third-order valence-electron chi connectivity index (χ3n) is 3.18. The average molecular weight is 319 g/mol. The first-order valence-corrected chi connectivity index (χ1v) is 7.10. The molecule has 1 heterocycles. The molecule has 2 nitrogen and oxygen atoms in total. The molecule has 1 aromatic carbocycles. The van der Waals surface area contributed by atoms with Gasteiger partial charge in [-0.1, -0.05) is 17.7 Å². The lowest BCUT2D eigenvalue weighted by molar-refractivity contribution is -0.0272. The largest absolute Gasteiger partial charge is 0.373 e. The number of hydrogen-bond acceptors (Lipinski definition) is 2. The molecular weight excluding hydrogens is 302 g/mol. The van der Waals surface area contributed by atoms with E-state index in [1.807, 2.05) is 13.1 Å². The highest BCUT2D eigenvalue weighted by atomic mass is 79.9. The highest BCUT2D eigenvalue weighted by Gasteiger charge is 2.27. The summed E-state index contributed by atoms with van der Waals surface area (Å²) in [6, 6.07) is 6.06. The van der Waals surface area contributed by atoms with Crippen LogP contribution in [-0.2, 0) is 4.74 Å². The molecule has 2 unspecified atom stereocenters. The summed E-state index contributed by atoms with van der Waals surface area (Å²) in [6.45, 7) is 1.84. The molecule has 1 N–H and O–H groups in total. The van der Waals surface area contributed by atoms with Crippen LogP contribution in [0.3, 0.4) is 0 Å². The Bertz CT molecular complexity index is 384. The standard InChI is InChI=1S/C13H17BrClNO/c1-16-8-10-3-2-6-17-13(10)9-4-5-12(15)11(14)7-9/h4-5,7,10,13,16H,2-3,6,8H2,1H3. The SMILES string of the molecule is CNCC1CCCOC1c1ccc(Cl)c(Br)c1. The number of hydrogen-bond donors (Lipinski definition) is 1. The molecule has 1 fully saturated rings. The van der Waals surface area contributed by atoms with E-state index in [-0.39, 0.29) is 6.10 Å². The summed E-state index contributed by atoms with van der Waals surface area (Å²) in [4.78, 5) is 0. The van der Waals surface area contributed by atoms with Gasteiger partial charge in [-0.3, -0.25) is 0 Å². The normalized spacial score (nSPS) is 24.9. The van der Waals surface area contributed by atoms with Gasteiger partial charge in [-0.25, -0.2) is 0 Å². The lowest BCUT2D eigenvalue weighted by Crippen LogP contribution is -2.30. The zero-order valence-corrected chi connectivity index (χ0v) is 12.2. The Labute approximate surface area is 116 Å². The van der Waals surface area contributed by atoms with Crippen LogP contribution in [0.5, 0.6) is 0 Å². The highest BCUT2D eigenvalue weighted by Crippen LogP contribution is 2.35. The van der Waals surface area contributed by atoms with Gasteiger partial charge in [0.15, 0.2) is 0 Å². The molecule has 4 heteroatoms. The molecule has 0 spiro atoms. The number of halogens is 2. The van der Waals surface area contributed by atoms with E-state index in [0.717, 1.165) is 29.1 Å². The highest BCUT2D eigenvalue weighted by molar-refractivity contribution is 9.10. The van der Waals surface area contributed by atoms with E-state index in [1.165, 1.54) is 12.0 Å². The Balaban J connectivity index is 2.20. The first-order valence-electron chi connectivity index (χ1n) is 5.93. The molecule has 1 saturated heterocycles. The minimum absolute atomic E-state index is 0.185. The molecule has 1 aliphatic rings. The van der Waals surface area contributed by atoms with Crippen molar-refractivity contribution in [3.63, 3.8) is 0 Å². The van der Waals surface area contributed by atoms with Crippen LogP contribution in [0.4, 0.5) is 0 Å². The maximum atomic E-state index is 6.02. The van der Waals surface area contributed by atoms with E-state index in [2.05, 4.69) is 33.4 Å². The van der Waals surface area contributed by atoms with E-state index >= 15 is 0 Å². The van der Waals surface area contributed by atoms with Gasteiger partial charge in [0, 0.05) is 23.5 Å². The Kier molecular flexibility index (Phi) is 4.86. The molecule has 2 rings (SSSR count). The van der Waals surface area contributed by atoms with Gasteiger partial charge in [-0.15, -0.1) is 0 Å². The summed E-state index contributed by atoms with van der Waals surface area (Å²) in [7, 11) is 1.99. The van der Waals surface area contributed by atoms with Crippen molar-refractivity contribution in [2.45, 2.75) is 18.9 Å². The van der Waals surface area contributed by atoms with Crippen LogP contribution in [-0.4, -0.2) is 20.2 Å². The second kappa shape index (κ2) is 6.19. The van der Waals surface area contributed by atoms with Crippen molar-refractivity contribution in [3.05, 3.63) is 33.3 Å². The Morgan fingerprint density at radius 3 is 3.06 bits per heavy atom. The third kappa shape index (κ3) is 3.22. The summed E-state index contributed by atoms with van der Waals surface area (Å²) in [6.07, 6.45) is 2.55. The van der Waals surface area contributed by atoms with Gasteiger partial charge in [-0.05, 0) is 53.5 Å². The van der Waals surface area contributed by atoms with Crippen molar-refractivity contribution in [2.24, 2.45) is 5.92 Å². The fraction of sp³-hybridized carbons (Fsp3) is 0.538. The fourth-order valence-corrected chi connectivity index (χ4v) is 2.89. The Morgan fingerprint density at radius 1 is 1.53 bits per heavy atom. The monoisotopic (exact) mass is 317 g/mol. The Hall–Kier alpha value is -0.0900. The molecule has 0 aromatic heterocycles. The molecule has 2 atom stereocenters. The van der Waals surface area contributed by atoms with Gasteiger partial charge >= 0.3 is 0 Å². The van der Waals surface area contributed by atoms with Crippen LogP contribution in [0.25, 0.3) is 0 Å². The zero-order valence-electron chi connectivity index (χ0n) is 9.88. The van der Waals surface area contributed by atoms with Gasteiger partial charge in [0.05, 0.1) is 11.1 Å². The molecule has 1 aromatic rings. The van der Waals surface area contributed by atoms with Crippen LogP contribution in [0, 0.1) is 5.92 Å². The maximum Gasteiger partial charge on any atom is 0.0865 e. The molecule has 0 saturated carbocycles. The van der Waals surface area contributed by atoms with Crippen LogP contribution in [0.2, 0.25) is 5.02 Å². The molecule has 0 bridgehead atoms. The van der Waals surface area contributed by atoms with Gasteiger partial charge in [0.2, 0.25) is 0 Å². The molecule has 0 amide bonds. The summed E-state index contributed by atoms with van der Waals surface area (Å²) < 4.78 is 6.86. The van der Waals surface area contributed by atoms with Gasteiger partial charge in [0.25, 0.3) is 0 Å². The van der Waals surface area contributed by atoms with Crippen molar-refractivity contribution in [1.29, 1.82) is 0 Å². The van der Waals surface area contributed by atoms with Crippen molar-refractivity contribution >= 4 is 27.5 Å². The first kappa shape index (κ1) is 13.3. The summed E-state index contributed by atoms with van der Waals surface area (Å²) in [5, 5.41) is 3.99. The molecule has 0 radical (unpaired) electrons. The second-order valence-electron chi connectivity index (χ2n) is 4.42. The van der Waals surface area contributed by atoms with E-state index in [4.69, 9.17) is 16.3 Å². The van der Waals surface area contributed by atoms with Gasteiger partial charge in [-0.2, -0.15) is 0 Å². The number of benzene rings is 1. The smallest absolute Gasteiger partial charge is 0.0865 e. The summed E-state index contributed by atoms with van der Waals surface area (Å²) >= 11 is 9.49. The van der Waals surface area contributed by atoms with Gasteiger partial charge < -0.3 is 10.1 Å². The minimum atomic E-state index is 0.185. The van der Waals surface area contributed by atoms with E-state index in [1.54, 1.807) is 0 Å². The third-order valence-corrected chi connectivity index (χ3v) is 4.40. The quantitative estimate of drug-likeness (QED) is 0.915. The first-order chi connectivity index (χ1) is 8.22. The van der Waals surface area contributed by atoms with Crippen molar-refractivity contribution < 1.29 is 4.74 Å². The van der Waals surface area contributed by atoms with Gasteiger partial charge in [0.1, 0.15) is 0 Å². The van der Waals surface area contributed by atoms with Crippen molar-refractivity contribution in [2.75, 3.05) is 20.2 Å². The average Bonchev–Trinajstić information content (AvgIpc) is 2.34. The Morgan fingerprint density at radius 2 is 2.35 bits per heavy atom. The van der Waals surface area contributed by atoms with Crippen LogP contribution in [0.1, 0.15) is 24.5 Å². The van der Waals surface area contributed by atoms with E-state index in [9.17, 15) is 0 Å². The molecular formula is C13H17BrClNO. The van der Waals surface area contributed by atoms with Crippen LogP contribution < -0.4 is 5.32 Å². The molecule has 17 heavy (non-hydrogen) atoms. The predicted octanol–water partition coefficient (Wildman–Crippen LogP) is 3.79. The second-order valence-corrected chi connectivity index (χ2v) is 5.69. The predicted molar refractivity (Wildman–Crippen MR) is 74.5 cm³/mol. The summed E-state index contributed by atoms with van der Waals surface area (Å²) in [5.74, 6) is 0.543. The van der Waals surface area contributed by atoms with Crippen molar-refractivity contribution in [1.82, 2.24) is 5.32 Å². The molecule has 94 valence electrons. The lowest BCUT2D eigenvalue weighted by atomic mass is 9.89. The molecule has 1 aliphatic heterocycles. The topological polar surface area (TPSA) is 21.3 Å².